The van der Waals surface area contributed by atoms with Gasteiger partial charge < -0.3 is 4.74 Å². The van der Waals surface area contributed by atoms with E-state index in [1.54, 1.807) is 6.07 Å². The fourth-order valence-corrected chi connectivity index (χ4v) is 2.64. The van der Waals surface area contributed by atoms with Gasteiger partial charge in [0.15, 0.2) is 0 Å². The lowest BCUT2D eigenvalue weighted by molar-refractivity contribution is 0.0677. The third kappa shape index (κ3) is 4.11. The van der Waals surface area contributed by atoms with Crippen LogP contribution in [0.5, 0.6) is 0 Å². The van der Waals surface area contributed by atoms with Crippen LogP contribution in [0.15, 0.2) is 24.3 Å². The Kier molecular flexibility index (Phi) is 6.40. The first-order valence-electron chi connectivity index (χ1n) is 6.03. The Bertz CT molecular complexity index is 365. The number of alkyl halides is 2. The molecule has 1 aromatic rings. The molecule has 1 aromatic carbocycles. The molecule has 0 N–H and O–H groups in total. The van der Waals surface area contributed by atoms with Gasteiger partial charge in [0.05, 0.1) is 6.10 Å². The van der Waals surface area contributed by atoms with Gasteiger partial charge in [0.25, 0.3) is 0 Å². The van der Waals surface area contributed by atoms with E-state index >= 15 is 0 Å². The van der Waals surface area contributed by atoms with Gasteiger partial charge >= 0.3 is 0 Å². The van der Waals surface area contributed by atoms with Crippen LogP contribution in [0.4, 0.5) is 4.39 Å². The van der Waals surface area contributed by atoms with Gasteiger partial charge in [-0.2, -0.15) is 0 Å². The molecule has 0 saturated heterocycles. The summed E-state index contributed by atoms with van der Waals surface area (Å²) in [5, 5.41) is 0. The van der Waals surface area contributed by atoms with Crippen LogP contribution in [0.2, 0.25) is 0 Å². The van der Waals surface area contributed by atoms with E-state index < -0.39 is 5.41 Å². The molecule has 1 rings (SSSR count). The first kappa shape index (κ1) is 15.7. The molecule has 0 aliphatic heterocycles. The van der Waals surface area contributed by atoms with Gasteiger partial charge in [-0.3, -0.25) is 0 Å². The van der Waals surface area contributed by atoms with Crippen molar-refractivity contribution in [3.63, 3.8) is 0 Å². The van der Waals surface area contributed by atoms with Gasteiger partial charge in [0, 0.05) is 23.8 Å². The van der Waals surface area contributed by atoms with Crippen molar-refractivity contribution in [3.8, 4) is 0 Å². The Hall–Kier alpha value is -0.310. The van der Waals surface area contributed by atoms with Gasteiger partial charge in [-0.05, 0) is 38.0 Å². The lowest BCUT2D eigenvalue weighted by Gasteiger charge is -2.30. The van der Waals surface area contributed by atoms with E-state index in [1.165, 1.54) is 12.1 Å². The normalized spacial score (nSPS) is 12.1. The van der Waals surface area contributed by atoms with Crippen molar-refractivity contribution in [2.45, 2.75) is 31.8 Å². The van der Waals surface area contributed by atoms with Crippen LogP contribution in [-0.2, 0) is 10.2 Å². The lowest BCUT2D eigenvalue weighted by Crippen LogP contribution is -2.32. The Balaban J connectivity index is 2.85. The summed E-state index contributed by atoms with van der Waals surface area (Å²) in [6.45, 7) is 4.52. The molecule has 0 bridgehead atoms. The number of ether oxygens (including phenoxy) is 1. The smallest absolute Gasteiger partial charge is 0.123 e. The van der Waals surface area contributed by atoms with Gasteiger partial charge in [-0.1, -0.05) is 12.1 Å². The van der Waals surface area contributed by atoms with Crippen molar-refractivity contribution in [1.29, 1.82) is 0 Å². The SMILES string of the molecule is CC(C)OCCC(CCl)(CCl)c1cccc(F)c1. The fourth-order valence-electron chi connectivity index (χ4n) is 1.78. The average Bonchev–Trinajstić information content (AvgIpc) is 2.35. The maximum Gasteiger partial charge on any atom is 0.123 e. The summed E-state index contributed by atoms with van der Waals surface area (Å²) in [7, 11) is 0. The molecule has 18 heavy (non-hydrogen) atoms. The zero-order chi connectivity index (χ0) is 13.6. The zero-order valence-corrected chi connectivity index (χ0v) is 12.3. The fraction of sp³-hybridized carbons (Fsp3) is 0.571. The third-order valence-corrected chi connectivity index (χ3v) is 4.00. The maximum absolute atomic E-state index is 13.3. The molecule has 1 nitrogen and oxygen atoms in total. The molecule has 0 radical (unpaired) electrons. The van der Waals surface area contributed by atoms with Crippen LogP contribution in [0.1, 0.15) is 25.8 Å². The molecular formula is C14H19Cl2FO. The molecule has 0 fully saturated rings. The zero-order valence-electron chi connectivity index (χ0n) is 10.8. The van der Waals surface area contributed by atoms with Crippen LogP contribution in [0, 0.1) is 5.82 Å². The van der Waals surface area contributed by atoms with Crippen LogP contribution in [0.3, 0.4) is 0 Å². The molecular weight excluding hydrogens is 274 g/mol. The van der Waals surface area contributed by atoms with Crippen LogP contribution in [-0.4, -0.2) is 24.5 Å². The van der Waals surface area contributed by atoms with Gasteiger partial charge in [0.2, 0.25) is 0 Å². The van der Waals surface area contributed by atoms with Crippen molar-refractivity contribution in [2.75, 3.05) is 18.4 Å². The first-order valence-corrected chi connectivity index (χ1v) is 7.10. The Morgan fingerprint density at radius 1 is 1.28 bits per heavy atom. The second-order valence-corrected chi connectivity index (χ2v) is 5.26. The van der Waals surface area contributed by atoms with E-state index in [-0.39, 0.29) is 11.9 Å². The predicted molar refractivity (Wildman–Crippen MR) is 75.2 cm³/mol. The summed E-state index contributed by atoms with van der Waals surface area (Å²) < 4.78 is 18.8. The molecule has 0 aromatic heterocycles. The summed E-state index contributed by atoms with van der Waals surface area (Å²) in [6, 6.07) is 6.46. The summed E-state index contributed by atoms with van der Waals surface area (Å²) >= 11 is 12.1. The lowest BCUT2D eigenvalue weighted by atomic mass is 9.81. The Labute approximate surface area is 118 Å². The monoisotopic (exact) mass is 292 g/mol. The van der Waals surface area contributed by atoms with Gasteiger partial charge in [-0.25, -0.2) is 4.39 Å². The number of rotatable bonds is 7. The highest BCUT2D eigenvalue weighted by Crippen LogP contribution is 2.31. The standard InChI is InChI=1S/C14H19Cl2FO/c1-11(2)18-7-6-14(9-15,10-16)12-4-3-5-13(17)8-12/h3-5,8,11H,6-7,9-10H2,1-2H3. The van der Waals surface area contributed by atoms with Crippen molar-refractivity contribution in [2.24, 2.45) is 0 Å². The number of halogens is 3. The van der Waals surface area contributed by atoms with Crippen LogP contribution >= 0.6 is 23.2 Å². The highest BCUT2D eigenvalue weighted by Gasteiger charge is 2.30. The molecule has 0 saturated carbocycles. The molecule has 4 heteroatoms. The average molecular weight is 293 g/mol. The first-order chi connectivity index (χ1) is 8.54. The number of hydrogen-bond donors (Lipinski definition) is 0. The van der Waals surface area contributed by atoms with Crippen molar-refractivity contribution in [3.05, 3.63) is 35.6 Å². The molecule has 0 unspecified atom stereocenters. The molecule has 0 aliphatic carbocycles. The Morgan fingerprint density at radius 2 is 1.94 bits per heavy atom. The maximum atomic E-state index is 13.3. The largest absolute Gasteiger partial charge is 0.379 e. The highest BCUT2D eigenvalue weighted by atomic mass is 35.5. The second-order valence-electron chi connectivity index (χ2n) is 4.73. The van der Waals surface area contributed by atoms with Crippen molar-refractivity contribution >= 4 is 23.2 Å². The summed E-state index contributed by atoms with van der Waals surface area (Å²) in [4.78, 5) is 0. The van der Waals surface area contributed by atoms with Crippen LogP contribution < -0.4 is 0 Å². The van der Waals surface area contributed by atoms with E-state index in [0.29, 0.717) is 24.8 Å². The minimum Gasteiger partial charge on any atom is -0.379 e. The Morgan fingerprint density at radius 3 is 2.44 bits per heavy atom. The van der Waals surface area contributed by atoms with E-state index in [0.717, 1.165) is 5.56 Å². The molecule has 0 amide bonds. The summed E-state index contributed by atoms with van der Waals surface area (Å²) in [6.07, 6.45) is 0.850. The molecule has 0 atom stereocenters. The van der Waals surface area contributed by atoms with E-state index in [9.17, 15) is 4.39 Å². The summed E-state index contributed by atoms with van der Waals surface area (Å²) in [5.74, 6) is 0.430. The van der Waals surface area contributed by atoms with Crippen molar-refractivity contribution in [1.82, 2.24) is 0 Å². The predicted octanol–water partition coefficient (Wildman–Crippen LogP) is 4.36. The van der Waals surface area contributed by atoms with E-state index in [4.69, 9.17) is 27.9 Å². The highest BCUT2D eigenvalue weighted by molar-refractivity contribution is 6.22. The second kappa shape index (κ2) is 7.32. The molecule has 0 aliphatic rings. The topological polar surface area (TPSA) is 9.23 Å². The molecule has 102 valence electrons. The third-order valence-electron chi connectivity index (χ3n) is 2.98. The summed E-state index contributed by atoms with van der Waals surface area (Å²) in [5.41, 5.74) is 0.403. The molecule has 0 heterocycles. The number of benzene rings is 1. The number of hydrogen-bond acceptors (Lipinski definition) is 1. The minimum atomic E-state index is -0.430. The van der Waals surface area contributed by atoms with Crippen LogP contribution in [0.25, 0.3) is 0 Å². The quantitative estimate of drug-likeness (QED) is 0.679. The van der Waals surface area contributed by atoms with Gasteiger partial charge in [0.1, 0.15) is 5.82 Å². The minimum absolute atomic E-state index is 0.167. The van der Waals surface area contributed by atoms with E-state index in [2.05, 4.69) is 0 Å². The van der Waals surface area contributed by atoms with Gasteiger partial charge in [-0.15, -0.1) is 23.2 Å². The molecule has 0 spiro atoms. The van der Waals surface area contributed by atoms with E-state index in [1.807, 2.05) is 19.9 Å². The van der Waals surface area contributed by atoms with Crippen molar-refractivity contribution < 1.29 is 9.13 Å².